The van der Waals surface area contributed by atoms with Crippen LogP contribution >= 0.6 is 0 Å². The van der Waals surface area contributed by atoms with Crippen LogP contribution < -0.4 is 0 Å². The monoisotopic (exact) mass is 338 g/mol. The van der Waals surface area contributed by atoms with Gasteiger partial charge in [0.2, 0.25) is 10.0 Å². The van der Waals surface area contributed by atoms with Gasteiger partial charge >= 0.3 is 0 Å². The number of hydrogen-bond acceptors (Lipinski definition) is 5. The van der Waals surface area contributed by atoms with Crippen LogP contribution in [0.25, 0.3) is 0 Å². The molecule has 3 heterocycles. The number of hydrogen-bond donors (Lipinski definition) is 0. The molecule has 126 valence electrons. The third-order valence-corrected chi connectivity index (χ3v) is 6.55. The SMILES string of the molecule is Cc1noc(C)c1S(=O)(=O)N1CCC[C@@H](Cc2nccn2C)C1. The number of piperidine rings is 1. The van der Waals surface area contributed by atoms with Crippen LogP contribution in [0.1, 0.15) is 30.1 Å². The van der Waals surface area contributed by atoms with E-state index in [0.29, 0.717) is 24.5 Å². The van der Waals surface area contributed by atoms with Gasteiger partial charge in [0.25, 0.3) is 0 Å². The van der Waals surface area contributed by atoms with Gasteiger partial charge in [-0.2, -0.15) is 4.31 Å². The van der Waals surface area contributed by atoms with Crippen molar-refractivity contribution in [2.24, 2.45) is 13.0 Å². The molecule has 2 aromatic rings. The molecule has 0 aliphatic carbocycles. The van der Waals surface area contributed by atoms with Gasteiger partial charge in [0.15, 0.2) is 5.76 Å². The lowest BCUT2D eigenvalue weighted by molar-refractivity contribution is 0.261. The molecule has 2 aromatic heterocycles. The molecule has 1 aliphatic rings. The molecule has 0 aromatic carbocycles. The molecule has 8 heteroatoms. The molecule has 1 saturated heterocycles. The summed E-state index contributed by atoms with van der Waals surface area (Å²) >= 11 is 0. The maximum absolute atomic E-state index is 12.9. The second kappa shape index (κ2) is 6.09. The van der Waals surface area contributed by atoms with E-state index in [2.05, 4.69) is 10.1 Å². The van der Waals surface area contributed by atoms with Crippen LogP contribution in [0.3, 0.4) is 0 Å². The van der Waals surface area contributed by atoms with Crippen molar-refractivity contribution < 1.29 is 12.9 Å². The zero-order valence-corrected chi connectivity index (χ0v) is 14.5. The second-order valence-electron chi connectivity index (χ2n) is 6.18. The Balaban J connectivity index is 1.79. The highest BCUT2D eigenvalue weighted by molar-refractivity contribution is 7.89. The molecule has 1 aliphatic heterocycles. The van der Waals surface area contributed by atoms with Gasteiger partial charge in [-0.05, 0) is 32.6 Å². The lowest BCUT2D eigenvalue weighted by atomic mass is 9.96. The fraction of sp³-hybridized carbons (Fsp3) is 0.600. The summed E-state index contributed by atoms with van der Waals surface area (Å²) in [7, 11) is -1.59. The van der Waals surface area contributed by atoms with E-state index in [-0.39, 0.29) is 10.8 Å². The number of nitrogens with zero attached hydrogens (tertiary/aromatic N) is 4. The molecular weight excluding hydrogens is 316 g/mol. The first kappa shape index (κ1) is 16.2. The van der Waals surface area contributed by atoms with Crippen molar-refractivity contribution in [1.82, 2.24) is 19.0 Å². The summed E-state index contributed by atoms with van der Waals surface area (Å²) in [5.41, 5.74) is 0.425. The van der Waals surface area contributed by atoms with Gasteiger partial charge in [0.05, 0.1) is 0 Å². The Bertz CT molecular complexity index is 774. The predicted molar refractivity (Wildman–Crippen MR) is 84.4 cm³/mol. The van der Waals surface area contributed by atoms with Crippen LogP contribution in [0.15, 0.2) is 21.8 Å². The Labute approximate surface area is 136 Å². The van der Waals surface area contributed by atoms with E-state index >= 15 is 0 Å². The maximum atomic E-state index is 12.9. The molecule has 23 heavy (non-hydrogen) atoms. The maximum Gasteiger partial charge on any atom is 0.248 e. The van der Waals surface area contributed by atoms with Gasteiger partial charge in [-0.3, -0.25) is 0 Å². The van der Waals surface area contributed by atoms with E-state index in [1.165, 1.54) is 0 Å². The van der Waals surface area contributed by atoms with Gasteiger partial charge in [-0.25, -0.2) is 13.4 Å². The van der Waals surface area contributed by atoms with Gasteiger partial charge in [-0.15, -0.1) is 0 Å². The number of sulfonamides is 1. The largest absolute Gasteiger partial charge is 0.360 e. The third-order valence-electron chi connectivity index (χ3n) is 4.44. The Morgan fingerprint density at radius 3 is 2.78 bits per heavy atom. The van der Waals surface area contributed by atoms with E-state index in [9.17, 15) is 8.42 Å². The molecule has 3 rings (SSSR count). The van der Waals surface area contributed by atoms with Gasteiger partial charge in [0.1, 0.15) is 16.4 Å². The molecule has 0 bridgehead atoms. The summed E-state index contributed by atoms with van der Waals surface area (Å²) in [6, 6.07) is 0. The van der Waals surface area contributed by atoms with Crippen molar-refractivity contribution in [2.75, 3.05) is 13.1 Å². The standard InChI is InChI=1S/C15H22N4O3S/c1-11-15(12(2)22-17-11)23(20,21)19-7-4-5-13(10-19)9-14-16-6-8-18(14)3/h6,8,13H,4-5,7,9-10H2,1-3H3/t13-/m0/s1. The first-order valence-electron chi connectivity index (χ1n) is 7.79. The van der Waals surface area contributed by atoms with Crippen molar-refractivity contribution in [3.63, 3.8) is 0 Å². The van der Waals surface area contributed by atoms with Gasteiger partial charge < -0.3 is 9.09 Å². The van der Waals surface area contributed by atoms with Crippen molar-refractivity contribution >= 4 is 10.0 Å². The lowest BCUT2D eigenvalue weighted by Gasteiger charge is -2.31. The molecule has 1 fully saturated rings. The van der Waals surface area contributed by atoms with E-state index in [0.717, 1.165) is 25.1 Å². The quantitative estimate of drug-likeness (QED) is 0.847. The van der Waals surface area contributed by atoms with Crippen LogP contribution in [-0.4, -0.2) is 40.5 Å². The Kier molecular flexibility index (Phi) is 4.29. The summed E-state index contributed by atoms with van der Waals surface area (Å²) in [5.74, 6) is 1.63. The fourth-order valence-electron chi connectivity index (χ4n) is 3.24. The minimum absolute atomic E-state index is 0.218. The summed E-state index contributed by atoms with van der Waals surface area (Å²) in [4.78, 5) is 4.56. The average molecular weight is 338 g/mol. The first-order valence-corrected chi connectivity index (χ1v) is 9.23. The molecule has 0 saturated carbocycles. The lowest BCUT2D eigenvalue weighted by Crippen LogP contribution is -2.41. The molecular formula is C15H22N4O3S. The zero-order chi connectivity index (χ0) is 16.6. The smallest absolute Gasteiger partial charge is 0.248 e. The third kappa shape index (κ3) is 3.05. The summed E-state index contributed by atoms with van der Waals surface area (Å²) in [5, 5.41) is 3.77. The highest BCUT2D eigenvalue weighted by Crippen LogP contribution is 2.28. The van der Waals surface area contributed by atoms with Gasteiger partial charge in [-0.1, -0.05) is 5.16 Å². The van der Waals surface area contributed by atoms with Crippen LogP contribution in [0, 0.1) is 19.8 Å². The minimum Gasteiger partial charge on any atom is -0.360 e. The molecule has 1 atom stereocenters. The highest BCUT2D eigenvalue weighted by atomic mass is 32.2. The Hall–Kier alpha value is -1.67. The molecule has 7 nitrogen and oxygen atoms in total. The van der Waals surface area contributed by atoms with Gasteiger partial charge in [0, 0.05) is 39.0 Å². The normalized spacial score (nSPS) is 20.0. The number of aryl methyl sites for hydroxylation is 3. The molecule has 0 radical (unpaired) electrons. The van der Waals surface area contributed by atoms with Crippen molar-refractivity contribution in [2.45, 2.75) is 38.0 Å². The topological polar surface area (TPSA) is 81.2 Å². The highest BCUT2D eigenvalue weighted by Gasteiger charge is 2.34. The summed E-state index contributed by atoms with van der Waals surface area (Å²) in [6.07, 6.45) is 6.35. The minimum atomic E-state index is -3.55. The number of imidazole rings is 1. The average Bonchev–Trinajstić information content (AvgIpc) is 3.06. The zero-order valence-electron chi connectivity index (χ0n) is 13.7. The van der Waals surface area contributed by atoms with Crippen LogP contribution in [-0.2, 0) is 23.5 Å². The Morgan fingerprint density at radius 2 is 2.17 bits per heavy atom. The van der Waals surface area contributed by atoms with E-state index in [1.807, 2.05) is 17.8 Å². The fourth-order valence-corrected chi connectivity index (χ4v) is 5.08. The van der Waals surface area contributed by atoms with E-state index in [4.69, 9.17) is 4.52 Å². The number of rotatable bonds is 4. The van der Waals surface area contributed by atoms with E-state index < -0.39 is 10.0 Å². The summed E-state index contributed by atoms with van der Waals surface area (Å²) in [6.45, 7) is 4.36. The molecule has 0 unspecified atom stereocenters. The Morgan fingerprint density at radius 1 is 1.39 bits per heavy atom. The van der Waals surface area contributed by atoms with Crippen LogP contribution in [0.5, 0.6) is 0 Å². The summed E-state index contributed by atoms with van der Waals surface area (Å²) < 4.78 is 34.4. The molecule has 0 spiro atoms. The first-order chi connectivity index (χ1) is 10.9. The van der Waals surface area contributed by atoms with Crippen LogP contribution in [0.2, 0.25) is 0 Å². The van der Waals surface area contributed by atoms with E-state index in [1.54, 1.807) is 24.3 Å². The number of aromatic nitrogens is 3. The molecule has 0 N–H and O–H groups in total. The second-order valence-corrected chi connectivity index (χ2v) is 8.06. The van der Waals surface area contributed by atoms with Crippen LogP contribution in [0.4, 0.5) is 0 Å². The van der Waals surface area contributed by atoms with Crippen molar-refractivity contribution in [1.29, 1.82) is 0 Å². The molecule has 0 amide bonds. The van der Waals surface area contributed by atoms with Crippen molar-refractivity contribution in [3.05, 3.63) is 29.7 Å². The predicted octanol–water partition coefficient (Wildman–Crippen LogP) is 1.67. The van der Waals surface area contributed by atoms with Crippen molar-refractivity contribution in [3.8, 4) is 0 Å².